The van der Waals surface area contributed by atoms with Gasteiger partial charge < -0.3 is 10.5 Å². The Bertz CT molecular complexity index is 556. The lowest BCUT2D eigenvalue weighted by Gasteiger charge is -2.34. The summed E-state index contributed by atoms with van der Waals surface area (Å²) in [5, 5.41) is 0. The zero-order valence-corrected chi connectivity index (χ0v) is 11.4. The fraction of sp³-hybridized carbons (Fsp3) is 0.500. The lowest BCUT2D eigenvalue weighted by Crippen LogP contribution is -2.47. The van der Waals surface area contributed by atoms with Gasteiger partial charge in [0, 0.05) is 19.7 Å². The highest BCUT2D eigenvalue weighted by atomic mass is 32.2. The van der Waals surface area contributed by atoms with Gasteiger partial charge in [-0.25, -0.2) is 17.5 Å². The van der Waals surface area contributed by atoms with Crippen molar-refractivity contribution in [1.29, 1.82) is 0 Å². The second-order valence-electron chi connectivity index (χ2n) is 4.62. The quantitative estimate of drug-likeness (QED) is 0.837. The third kappa shape index (κ3) is 3.11. The van der Waals surface area contributed by atoms with Crippen LogP contribution in [-0.4, -0.2) is 27.7 Å². The molecule has 3 N–H and O–H groups in total. The average Bonchev–Trinajstić information content (AvgIpc) is 2.33. The third-order valence-electron chi connectivity index (χ3n) is 3.27. The summed E-state index contributed by atoms with van der Waals surface area (Å²) in [6.45, 7) is 0.165. The van der Waals surface area contributed by atoms with Gasteiger partial charge in [0.25, 0.3) is 0 Å². The summed E-state index contributed by atoms with van der Waals surface area (Å²) in [5.74, 6) is -0.771. The predicted molar refractivity (Wildman–Crippen MR) is 68.4 cm³/mol. The van der Waals surface area contributed by atoms with Crippen LogP contribution in [-0.2, 0) is 21.3 Å². The number of hydrogen-bond acceptors (Lipinski definition) is 4. The molecule has 7 heteroatoms. The molecule has 0 aromatic heterocycles. The molecule has 2 rings (SSSR count). The number of sulfonamides is 1. The van der Waals surface area contributed by atoms with E-state index in [1.54, 1.807) is 7.11 Å². The van der Waals surface area contributed by atoms with Crippen molar-refractivity contribution < 1.29 is 17.5 Å². The van der Waals surface area contributed by atoms with Crippen LogP contribution in [0.2, 0.25) is 0 Å². The van der Waals surface area contributed by atoms with Crippen LogP contribution in [0.25, 0.3) is 0 Å². The van der Waals surface area contributed by atoms with E-state index >= 15 is 0 Å². The van der Waals surface area contributed by atoms with Gasteiger partial charge in [0.2, 0.25) is 10.0 Å². The van der Waals surface area contributed by atoms with Crippen molar-refractivity contribution in [3.8, 4) is 0 Å². The maximum Gasteiger partial charge on any atom is 0.243 e. The van der Waals surface area contributed by atoms with Crippen molar-refractivity contribution in [2.45, 2.75) is 36.4 Å². The van der Waals surface area contributed by atoms with E-state index in [1.165, 1.54) is 12.1 Å². The Morgan fingerprint density at radius 2 is 2.16 bits per heavy atom. The molecule has 0 heterocycles. The van der Waals surface area contributed by atoms with Gasteiger partial charge in [0.05, 0.1) is 6.10 Å². The number of nitrogens with one attached hydrogen (secondary N) is 1. The highest BCUT2D eigenvalue weighted by molar-refractivity contribution is 7.89. The van der Waals surface area contributed by atoms with E-state index in [1.807, 2.05) is 0 Å². The van der Waals surface area contributed by atoms with Gasteiger partial charge in [-0.15, -0.1) is 0 Å². The Labute approximate surface area is 112 Å². The molecule has 19 heavy (non-hydrogen) atoms. The highest BCUT2D eigenvalue weighted by Gasteiger charge is 2.33. The minimum absolute atomic E-state index is 0.0768. The number of hydrogen-bond donors (Lipinski definition) is 2. The Morgan fingerprint density at radius 3 is 2.74 bits per heavy atom. The van der Waals surface area contributed by atoms with Crippen LogP contribution in [0.1, 0.15) is 18.4 Å². The van der Waals surface area contributed by atoms with E-state index in [-0.39, 0.29) is 23.6 Å². The van der Waals surface area contributed by atoms with Crippen molar-refractivity contribution >= 4 is 10.0 Å². The van der Waals surface area contributed by atoms with E-state index in [2.05, 4.69) is 4.72 Å². The van der Waals surface area contributed by atoms with E-state index in [0.717, 1.165) is 6.07 Å². The van der Waals surface area contributed by atoms with Crippen molar-refractivity contribution in [3.63, 3.8) is 0 Å². The molecule has 0 aliphatic heterocycles. The average molecular weight is 288 g/mol. The SMILES string of the molecule is COC1CC(NS(=O)(=O)c2cc(CN)ccc2F)C1. The lowest BCUT2D eigenvalue weighted by molar-refractivity contribution is 0.0236. The van der Waals surface area contributed by atoms with Crippen molar-refractivity contribution in [3.05, 3.63) is 29.6 Å². The summed E-state index contributed by atoms with van der Waals surface area (Å²) in [7, 11) is -2.27. The summed E-state index contributed by atoms with van der Waals surface area (Å²) in [6.07, 6.45) is 1.29. The number of methoxy groups -OCH3 is 1. The van der Waals surface area contributed by atoms with Crippen LogP contribution in [0.15, 0.2) is 23.1 Å². The molecule has 0 atom stereocenters. The molecule has 0 amide bonds. The van der Waals surface area contributed by atoms with E-state index in [9.17, 15) is 12.8 Å². The van der Waals surface area contributed by atoms with Gasteiger partial charge in [-0.3, -0.25) is 0 Å². The first-order chi connectivity index (χ1) is 8.96. The Hall–Kier alpha value is -1.02. The summed E-state index contributed by atoms with van der Waals surface area (Å²) in [6, 6.07) is 3.66. The topological polar surface area (TPSA) is 81.4 Å². The van der Waals surface area contributed by atoms with Gasteiger partial charge in [-0.1, -0.05) is 6.07 Å². The minimum atomic E-state index is -3.85. The molecular weight excluding hydrogens is 271 g/mol. The number of benzene rings is 1. The second-order valence-corrected chi connectivity index (χ2v) is 6.30. The van der Waals surface area contributed by atoms with Crippen molar-refractivity contribution in [2.24, 2.45) is 5.73 Å². The number of ether oxygens (including phenoxy) is 1. The zero-order valence-electron chi connectivity index (χ0n) is 10.6. The van der Waals surface area contributed by atoms with Crippen molar-refractivity contribution in [2.75, 3.05) is 7.11 Å². The first-order valence-corrected chi connectivity index (χ1v) is 7.48. The molecule has 5 nitrogen and oxygen atoms in total. The van der Waals surface area contributed by atoms with Crippen LogP contribution >= 0.6 is 0 Å². The maximum atomic E-state index is 13.6. The van der Waals surface area contributed by atoms with Gasteiger partial charge >= 0.3 is 0 Å². The monoisotopic (exact) mass is 288 g/mol. The molecule has 0 radical (unpaired) electrons. The molecule has 1 saturated carbocycles. The summed E-state index contributed by atoms with van der Waals surface area (Å²) in [5.41, 5.74) is 6.01. The fourth-order valence-corrected chi connectivity index (χ4v) is 3.41. The smallest absolute Gasteiger partial charge is 0.243 e. The molecular formula is C12H17FN2O3S. The van der Waals surface area contributed by atoms with Gasteiger partial charge in [0.15, 0.2) is 0 Å². The predicted octanol–water partition coefficient (Wildman–Crippen LogP) is 0.740. The standard InChI is InChI=1S/C12H17FN2O3S/c1-18-10-5-9(6-10)15-19(16,17)12-4-8(7-14)2-3-11(12)13/h2-4,9-10,15H,5-7,14H2,1H3. The summed E-state index contributed by atoms with van der Waals surface area (Å²) in [4.78, 5) is -0.351. The third-order valence-corrected chi connectivity index (χ3v) is 4.81. The zero-order chi connectivity index (χ0) is 14.0. The van der Waals surface area contributed by atoms with E-state index in [0.29, 0.717) is 18.4 Å². The second kappa shape index (κ2) is 5.54. The number of nitrogens with two attached hydrogens (primary N) is 1. The van der Waals surface area contributed by atoms with E-state index < -0.39 is 15.8 Å². The molecule has 1 aromatic rings. The molecule has 0 saturated heterocycles. The van der Waals surface area contributed by atoms with E-state index in [4.69, 9.17) is 10.5 Å². The Kier molecular flexibility index (Phi) is 4.19. The summed E-state index contributed by atoms with van der Waals surface area (Å²) < 4.78 is 45.4. The Morgan fingerprint density at radius 1 is 1.47 bits per heavy atom. The van der Waals surface area contributed by atoms with Gasteiger partial charge in [-0.05, 0) is 30.5 Å². The summed E-state index contributed by atoms with van der Waals surface area (Å²) >= 11 is 0. The highest BCUT2D eigenvalue weighted by Crippen LogP contribution is 2.25. The molecule has 1 aromatic carbocycles. The lowest BCUT2D eigenvalue weighted by atomic mass is 9.90. The first kappa shape index (κ1) is 14.4. The normalized spacial score (nSPS) is 23.1. The molecule has 1 aliphatic rings. The van der Waals surface area contributed by atoms with Gasteiger partial charge in [-0.2, -0.15) is 0 Å². The molecule has 0 unspecified atom stereocenters. The molecule has 106 valence electrons. The van der Waals surface area contributed by atoms with Crippen LogP contribution in [0.5, 0.6) is 0 Å². The maximum absolute atomic E-state index is 13.6. The number of halogens is 1. The largest absolute Gasteiger partial charge is 0.381 e. The van der Waals surface area contributed by atoms with Gasteiger partial charge in [0.1, 0.15) is 10.7 Å². The van der Waals surface area contributed by atoms with Crippen LogP contribution in [0.3, 0.4) is 0 Å². The molecule has 0 spiro atoms. The molecule has 1 aliphatic carbocycles. The minimum Gasteiger partial charge on any atom is -0.381 e. The number of rotatable bonds is 5. The van der Waals surface area contributed by atoms with Crippen molar-refractivity contribution in [1.82, 2.24) is 4.72 Å². The Balaban J connectivity index is 2.15. The first-order valence-electron chi connectivity index (χ1n) is 6.00. The fourth-order valence-electron chi connectivity index (χ4n) is 2.02. The van der Waals surface area contributed by atoms with Crippen LogP contribution in [0, 0.1) is 5.82 Å². The van der Waals surface area contributed by atoms with Crippen LogP contribution < -0.4 is 10.5 Å². The molecule has 1 fully saturated rings. The van der Waals surface area contributed by atoms with Crippen LogP contribution in [0.4, 0.5) is 4.39 Å². The molecule has 0 bridgehead atoms.